The number of benzene rings is 1. The molecule has 0 aliphatic rings. The molecule has 1 aromatic carbocycles. The topological polar surface area (TPSA) is 87.0 Å². The van der Waals surface area contributed by atoms with Crippen molar-refractivity contribution in [2.24, 2.45) is 0 Å². The van der Waals surface area contributed by atoms with Gasteiger partial charge in [-0.2, -0.15) is 0 Å². The Kier molecular flexibility index (Phi) is 6.98. The third-order valence-electron chi connectivity index (χ3n) is 5.64. The zero-order valence-corrected chi connectivity index (χ0v) is 22.2. The first-order chi connectivity index (χ1) is 17.3. The summed E-state index contributed by atoms with van der Waals surface area (Å²) in [5, 5.41) is 2.37. The number of nitrogens with zero attached hydrogens (tertiary/aromatic N) is 4. The predicted molar refractivity (Wildman–Crippen MR) is 142 cm³/mol. The summed E-state index contributed by atoms with van der Waals surface area (Å²) in [7, 11) is -2.27. The average Bonchev–Trinajstić information content (AvgIpc) is 3.43. The maximum absolute atomic E-state index is 13.4. The molecule has 5 aromatic rings. The van der Waals surface area contributed by atoms with Crippen LogP contribution in [0.3, 0.4) is 0 Å². The Hall–Kier alpha value is -2.98. The third kappa shape index (κ3) is 4.97. The summed E-state index contributed by atoms with van der Waals surface area (Å²) in [4.78, 5) is 14.1. The fourth-order valence-electron chi connectivity index (χ4n) is 3.85. The van der Waals surface area contributed by atoms with Crippen molar-refractivity contribution in [3.8, 4) is 5.88 Å². The Morgan fingerprint density at radius 2 is 1.83 bits per heavy atom. The molecule has 5 rings (SSSR count). The van der Waals surface area contributed by atoms with Crippen LogP contribution in [0.5, 0.6) is 5.88 Å². The standard InChI is InChI=1S/C25H20Cl2N4O3S2/c1-34-22-9-7-16(13-28-22)8-10-23-30-24(27)21(35-23)11-17-15-31(25-20(17)12-18(26)14-29-25)36(32,33)19-5-3-2-4-6-19/h2-7,9,12-15H,8,10-11H2,1H3. The molecule has 11 heteroatoms. The summed E-state index contributed by atoms with van der Waals surface area (Å²) in [5.41, 5.74) is 2.13. The maximum atomic E-state index is 13.4. The summed E-state index contributed by atoms with van der Waals surface area (Å²) in [6.45, 7) is 0. The van der Waals surface area contributed by atoms with Crippen molar-refractivity contribution < 1.29 is 13.2 Å². The van der Waals surface area contributed by atoms with Gasteiger partial charge < -0.3 is 4.74 Å². The van der Waals surface area contributed by atoms with Crippen LogP contribution in [0.2, 0.25) is 10.2 Å². The number of pyridine rings is 2. The predicted octanol–water partition coefficient (Wildman–Crippen LogP) is 5.82. The summed E-state index contributed by atoms with van der Waals surface area (Å²) < 4.78 is 33.0. The van der Waals surface area contributed by atoms with Crippen LogP contribution in [0.15, 0.2) is 72.0 Å². The Bertz CT molecular complexity index is 1630. The summed E-state index contributed by atoms with van der Waals surface area (Å²) in [5.74, 6) is 0.571. The highest BCUT2D eigenvalue weighted by Crippen LogP contribution is 2.32. The number of hydrogen-bond acceptors (Lipinski definition) is 7. The highest BCUT2D eigenvalue weighted by Gasteiger charge is 2.23. The fourth-order valence-corrected chi connectivity index (χ4v) is 6.69. The number of rotatable bonds is 8. The van der Waals surface area contributed by atoms with Gasteiger partial charge in [0.1, 0.15) is 5.15 Å². The smallest absolute Gasteiger partial charge is 0.269 e. The number of methoxy groups -OCH3 is 1. The van der Waals surface area contributed by atoms with Gasteiger partial charge in [0.25, 0.3) is 10.0 Å². The number of ether oxygens (including phenoxy) is 1. The highest BCUT2D eigenvalue weighted by molar-refractivity contribution is 7.90. The molecule has 0 atom stereocenters. The molecule has 0 amide bonds. The van der Waals surface area contributed by atoms with Crippen LogP contribution < -0.4 is 4.74 Å². The van der Waals surface area contributed by atoms with E-state index in [0.29, 0.717) is 39.9 Å². The number of aromatic nitrogens is 4. The van der Waals surface area contributed by atoms with Gasteiger partial charge in [0.05, 0.1) is 22.0 Å². The number of fused-ring (bicyclic) bond motifs is 1. The van der Waals surface area contributed by atoms with Gasteiger partial charge in [0, 0.05) is 47.8 Å². The van der Waals surface area contributed by atoms with E-state index >= 15 is 0 Å². The van der Waals surface area contributed by atoms with Crippen molar-refractivity contribution in [1.29, 1.82) is 0 Å². The van der Waals surface area contributed by atoms with E-state index in [1.54, 1.807) is 55.9 Å². The zero-order chi connectivity index (χ0) is 25.3. The van der Waals surface area contributed by atoms with Crippen LogP contribution in [0, 0.1) is 0 Å². The minimum absolute atomic E-state index is 0.177. The Morgan fingerprint density at radius 1 is 1.03 bits per heavy atom. The molecule has 0 saturated carbocycles. The number of aryl methyl sites for hydroxylation is 2. The summed E-state index contributed by atoms with van der Waals surface area (Å²) >= 11 is 14.2. The molecular formula is C25H20Cl2N4O3S2. The molecular weight excluding hydrogens is 539 g/mol. The molecule has 4 heterocycles. The highest BCUT2D eigenvalue weighted by atomic mass is 35.5. The molecule has 4 aromatic heterocycles. The lowest BCUT2D eigenvalue weighted by Crippen LogP contribution is -2.12. The van der Waals surface area contributed by atoms with Crippen LogP contribution in [0.25, 0.3) is 11.0 Å². The minimum atomic E-state index is -3.85. The molecule has 0 unspecified atom stereocenters. The van der Waals surface area contributed by atoms with Crippen LogP contribution in [-0.2, 0) is 29.3 Å². The summed E-state index contributed by atoms with van der Waals surface area (Å²) in [6.07, 6.45) is 6.68. The number of hydrogen-bond donors (Lipinski definition) is 0. The van der Waals surface area contributed by atoms with Crippen LogP contribution in [-0.4, -0.2) is 34.5 Å². The lowest BCUT2D eigenvalue weighted by Gasteiger charge is -2.06. The van der Waals surface area contributed by atoms with Gasteiger partial charge in [0.2, 0.25) is 5.88 Å². The van der Waals surface area contributed by atoms with Gasteiger partial charge in [-0.05, 0) is 35.7 Å². The second-order valence-electron chi connectivity index (χ2n) is 8.00. The van der Waals surface area contributed by atoms with E-state index in [1.165, 1.54) is 21.5 Å². The van der Waals surface area contributed by atoms with Gasteiger partial charge in [-0.25, -0.2) is 27.3 Å². The third-order valence-corrected chi connectivity index (χ3v) is 9.05. The SMILES string of the molecule is COc1ccc(CCc2nc(Cl)c(Cc3cn(S(=O)(=O)c4ccccc4)c4ncc(Cl)cc34)s2)cn1. The Balaban J connectivity index is 1.44. The van der Waals surface area contributed by atoms with Crippen molar-refractivity contribution in [2.45, 2.75) is 24.2 Å². The van der Waals surface area contributed by atoms with Crippen molar-refractivity contribution in [3.05, 3.63) is 98.3 Å². The molecule has 36 heavy (non-hydrogen) atoms. The van der Waals surface area contributed by atoms with E-state index in [-0.39, 0.29) is 4.90 Å². The van der Waals surface area contributed by atoms with Gasteiger partial charge in [-0.1, -0.05) is 47.5 Å². The molecule has 0 radical (unpaired) electrons. The maximum Gasteiger partial charge on any atom is 0.269 e. The fraction of sp³-hybridized carbons (Fsp3) is 0.160. The second-order valence-corrected chi connectivity index (χ2v) is 11.8. The van der Waals surface area contributed by atoms with E-state index < -0.39 is 10.0 Å². The van der Waals surface area contributed by atoms with E-state index in [2.05, 4.69) is 15.0 Å². The van der Waals surface area contributed by atoms with Gasteiger partial charge in [0.15, 0.2) is 5.65 Å². The van der Waals surface area contributed by atoms with Crippen molar-refractivity contribution in [2.75, 3.05) is 7.11 Å². The first kappa shape index (κ1) is 24.7. The molecule has 0 bridgehead atoms. The quantitative estimate of drug-likeness (QED) is 0.238. The monoisotopic (exact) mass is 558 g/mol. The minimum Gasteiger partial charge on any atom is -0.481 e. The van der Waals surface area contributed by atoms with Crippen LogP contribution in [0.4, 0.5) is 0 Å². The lowest BCUT2D eigenvalue weighted by atomic mass is 10.1. The van der Waals surface area contributed by atoms with Gasteiger partial charge in [-0.3, -0.25) is 0 Å². The van der Waals surface area contributed by atoms with E-state index in [1.807, 2.05) is 12.1 Å². The van der Waals surface area contributed by atoms with Crippen LogP contribution in [0.1, 0.15) is 21.0 Å². The lowest BCUT2D eigenvalue weighted by molar-refractivity contribution is 0.397. The van der Waals surface area contributed by atoms with E-state index in [0.717, 1.165) is 27.4 Å². The average molecular weight is 560 g/mol. The molecule has 0 spiro atoms. The van der Waals surface area contributed by atoms with Crippen molar-refractivity contribution in [1.82, 2.24) is 18.9 Å². The van der Waals surface area contributed by atoms with Crippen LogP contribution >= 0.6 is 34.5 Å². The molecule has 0 aliphatic carbocycles. The molecule has 7 nitrogen and oxygen atoms in total. The summed E-state index contributed by atoms with van der Waals surface area (Å²) in [6, 6.07) is 13.8. The zero-order valence-electron chi connectivity index (χ0n) is 19.1. The second kappa shape index (κ2) is 10.2. The number of halogens is 2. The molecule has 0 saturated heterocycles. The van der Waals surface area contributed by atoms with Gasteiger partial charge in [-0.15, -0.1) is 11.3 Å². The van der Waals surface area contributed by atoms with Gasteiger partial charge >= 0.3 is 0 Å². The molecule has 0 N–H and O–H groups in total. The molecule has 184 valence electrons. The number of thiazole rings is 1. The Morgan fingerprint density at radius 3 is 2.56 bits per heavy atom. The largest absolute Gasteiger partial charge is 0.481 e. The van der Waals surface area contributed by atoms with Crippen molar-refractivity contribution >= 4 is 55.6 Å². The molecule has 0 fully saturated rings. The first-order valence-corrected chi connectivity index (χ1v) is 14.0. The Labute approximate surface area is 222 Å². The van der Waals surface area contributed by atoms with Crippen molar-refractivity contribution in [3.63, 3.8) is 0 Å². The molecule has 0 aliphatic heterocycles. The van der Waals surface area contributed by atoms with E-state index in [9.17, 15) is 8.42 Å². The first-order valence-electron chi connectivity index (χ1n) is 10.9. The van der Waals surface area contributed by atoms with E-state index in [4.69, 9.17) is 27.9 Å². The normalized spacial score (nSPS) is 11.8.